The van der Waals surface area contributed by atoms with Crippen molar-refractivity contribution in [1.29, 1.82) is 0 Å². The Labute approximate surface area is 109 Å². The van der Waals surface area contributed by atoms with E-state index >= 15 is 0 Å². The van der Waals surface area contributed by atoms with Crippen LogP contribution in [0.4, 0.5) is 0 Å². The number of aromatic nitrogens is 3. The molecule has 1 aliphatic rings. The minimum atomic E-state index is 0.00806. The number of carbonyl (C=O) groups excluding carboxylic acids is 1. The van der Waals surface area contributed by atoms with Gasteiger partial charge >= 0.3 is 0 Å². The van der Waals surface area contributed by atoms with E-state index in [4.69, 9.17) is 11.6 Å². The molecule has 0 spiro atoms. The molecular weight excluding hydrogens is 252 g/mol. The largest absolute Gasteiger partial charge is 0.331 e. The lowest BCUT2D eigenvalue weighted by Gasteiger charge is -2.27. The topological polar surface area (TPSA) is 51.0 Å². The predicted octanol–water partition coefficient (Wildman–Crippen LogP) is 1.59. The molecule has 0 aromatic carbocycles. The van der Waals surface area contributed by atoms with Crippen molar-refractivity contribution < 1.29 is 4.79 Å². The molecule has 1 amide bonds. The molecule has 3 rings (SSSR count). The van der Waals surface area contributed by atoms with Gasteiger partial charge in [0.1, 0.15) is 10.8 Å². The lowest BCUT2D eigenvalue weighted by atomic mass is 10.2. The predicted molar refractivity (Wildman–Crippen MR) is 66.2 cm³/mol. The summed E-state index contributed by atoms with van der Waals surface area (Å²) >= 11 is 5.73. The number of hydrogen-bond acceptors (Lipinski definition) is 3. The molecule has 18 heavy (non-hydrogen) atoms. The third-order valence-electron chi connectivity index (χ3n) is 2.97. The average Bonchev–Trinajstić information content (AvgIpc) is 2.84. The van der Waals surface area contributed by atoms with E-state index in [1.807, 2.05) is 6.07 Å². The van der Waals surface area contributed by atoms with Crippen LogP contribution in [0.25, 0.3) is 0 Å². The van der Waals surface area contributed by atoms with Gasteiger partial charge in [-0.25, -0.2) is 4.98 Å². The van der Waals surface area contributed by atoms with Crippen LogP contribution in [-0.4, -0.2) is 32.1 Å². The summed E-state index contributed by atoms with van der Waals surface area (Å²) in [5, 5.41) is 4.56. The molecular formula is C12H11ClN4O. The molecule has 5 nitrogen and oxygen atoms in total. The lowest BCUT2D eigenvalue weighted by molar-refractivity contribution is 0.0683. The highest BCUT2D eigenvalue weighted by atomic mass is 35.5. The Balaban J connectivity index is 1.79. The number of rotatable bonds is 2. The quantitative estimate of drug-likeness (QED) is 0.773. The maximum atomic E-state index is 12.2. The number of pyridine rings is 1. The first-order chi connectivity index (χ1) is 8.74. The van der Waals surface area contributed by atoms with Crippen molar-refractivity contribution in [3.05, 3.63) is 47.0 Å². The molecule has 0 aliphatic carbocycles. The molecule has 0 radical (unpaired) electrons. The van der Waals surface area contributed by atoms with Gasteiger partial charge in [0.05, 0.1) is 6.54 Å². The van der Waals surface area contributed by atoms with E-state index in [9.17, 15) is 4.79 Å². The van der Waals surface area contributed by atoms with E-state index in [1.165, 1.54) is 0 Å². The maximum absolute atomic E-state index is 12.2. The Morgan fingerprint density at radius 3 is 2.94 bits per heavy atom. The molecule has 2 aromatic rings. The standard InChI is InChI=1S/C12H11ClN4O/c13-11-2-1-9(7-14-11)8-16-5-6-17-10(12(16)18)3-4-15-17/h1-4,7H,5-6,8H2. The van der Waals surface area contributed by atoms with Crippen molar-refractivity contribution in [2.75, 3.05) is 6.54 Å². The molecule has 0 bridgehead atoms. The monoisotopic (exact) mass is 262 g/mol. The zero-order chi connectivity index (χ0) is 12.5. The van der Waals surface area contributed by atoms with E-state index in [0.717, 1.165) is 12.1 Å². The van der Waals surface area contributed by atoms with Crippen LogP contribution in [0.15, 0.2) is 30.6 Å². The highest BCUT2D eigenvalue weighted by molar-refractivity contribution is 6.29. The van der Waals surface area contributed by atoms with Gasteiger partial charge in [-0.15, -0.1) is 0 Å². The first kappa shape index (κ1) is 11.2. The van der Waals surface area contributed by atoms with Gasteiger partial charge in [-0.1, -0.05) is 17.7 Å². The van der Waals surface area contributed by atoms with E-state index in [-0.39, 0.29) is 5.91 Å². The molecule has 0 unspecified atom stereocenters. The first-order valence-corrected chi connectivity index (χ1v) is 6.03. The fraction of sp³-hybridized carbons (Fsp3) is 0.250. The molecule has 3 heterocycles. The molecule has 0 saturated heterocycles. The fourth-order valence-corrected chi connectivity index (χ4v) is 2.15. The number of amides is 1. The third-order valence-corrected chi connectivity index (χ3v) is 3.19. The molecule has 0 fully saturated rings. The summed E-state index contributed by atoms with van der Waals surface area (Å²) in [6, 6.07) is 5.36. The summed E-state index contributed by atoms with van der Waals surface area (Å²) in [6.07, 6.45) is 3.35. The smallest absolute Gasteiger partial charge is 0.272 e. The Hall–Kier alpha value is -1.88. The van der Waals surface area contributed by atoms with Crippen LogP contribution in [0.1, 0.15) is 16.1 Å². The molecule has 0 saturated carbocycles. The fourth-order valence-electron chi connectivity index (χ4n) is 2.04. The number of hydrogen-bond donors (Lipinski definition) is 0. The van der Waals surface area contributed by atoms with Gasteiger partial charge in [0.2, 0.25) is 0 Å². The molecule has 1 aliphatic heterocycles. The van der Waals surface area contributed by atoms with Crippen molar-refractivity contribution in [3.63, 3.8) is 0 Å². The minimum absolute atomic E-state index is 0.00806. The van der Waals surface area contributed by atoms with Crippen LogP contribution in [0.2, 0.25) is 5.15 Å². The number of carbonyl (C=O) groups is 1. The lowest BCUT2D eigenvalue weighted by Crippen LogP contribution is -2.39. The van der Waals surface area contributed by atoms with Gasteiger partial charge in [-0.3, -0.25) is 9.48 Å². The number of halogens is 1. The van der Waals surface area contributed by atoms with Crippen LogP contribution in [-0.2, 0) is 13.1 Å². The highest BCUT2D eigenvalue weighted by Crippen LogP contribution is 2.15. The Morgan fingerprint density at radius 2 is 2.17 bits per heavy atom. The SMILES string of the molecule is O=C1c2ccnn2CCN1Cc1ccc(Cl)nc1. The van der Waals surface area contributed by atoms with Crippen LogP contribution >= 0.6 is 11.6 Å². The zero-order valence-electron chi connectivity index (χ0n) is 9.58. The van der Waals surface area contributed by atoms with E-state index in [2.05, 4.69) is 10.1 Å². The first-order valence-electron chi connectivity index (χ1n) is 5.65. The average molecular weight is 263 g/mol. The van der Waals surface area contributed by atoms with Crippen molar-refractivity contribution in [3.8, 4) is 0 Å². The van der Waals surface area contributed by atoms with Crippen molar-refractivity contribution >= 4 is 17.5 Å². The summed E-state index contributed by atoms with van der Waals surface area (Å²) in [7, 11) is 0. The van der Waals surface area contributed by atoms with Gasteiger partial charge in [0, 0.05) is 25.5 Å². The van der Waals surface area contributed by atoms with Gasteiger partial charge in [0.25, 0.3) is 5.91 Å². The van der Waals surface area contributed by atoms with E-state index < -0.39 is 0 Å². The van der Waals surface area contributed by atoms with E-state index in [1.54, 1.807) is 34.1 Å². The molecule has 0 atom stereocenters. The third kappa shape index (κ3) is 1.97. The van der Waals surface area contributed by atoms with Gasteiger partial charge < -0.3 is 4.90 Å². The van der Waals surface area contributed by atoms with E-state index in [0.29, 0.717) is 23.9 Å². The Bertz CT molecular complexity index is 578. The second-order valence-corrected chi connectivity index (χ2v) is 4.54. The molecule has 92 valence electrons. The van der Waals surface area contributed by atoms with Crippen molar-refractivity contribution in [2.45, 2.75) is 13.1 Å². The summed E-state index contributed by atoms with van der Waals surface area (Å²) in [5.41, 5.74) is 1.61. The zero-order valence-corrected chi connectivity index (χ0v) is 10.3. The molecule has 6 heteroatoms. The van der Waals surface area contributed by atoms with Gasteiger partial charge in [-0.05, 0) is 17.7 Å². The van der Waals surface area contributed by atoms with Crippen molar-refractivity contribution in [2.24, 2.45) is 0 Å². The van der Waals surface area contributed by atoms with Gasteiger partial charge in [-0.2, -0.15) is 5.10 Å². The highest BCUT2D eigenvalue weighted by Gasteiger charge is 2.24. The van der Waals surface area contributed by atoms with Crippen molar-refractivity contribution in [1.82, 2.24) is 19.7 Å². The van der Waals surface area contributed by atoms with Crippen LogP contribution in [0.5, 0.6) is 0 Å². The summed E-state index contributed by atoms with van der Waals surface area (Å²) in [5.74, 6) is 0.00806. The second kappa shape index (κ2) is 4.42. The number of fused-ring (bicyclic) bond motifs is 1. The number of nitrogens with zero attached hydrogens (tertiary/aromatic N) is 4. The van der Waals surface area contributed by atoms with Crippen LogP contribution in [0, 0.1) is 0 Å². The Kier molecular flexibility index (Phi) is 2.76. The molecule has 0 N–H and O–H groups in total. The molecule has 2 aromatic heterocycles. The second-order valence-electron chi connectivity index (χ2n) is 4.16. The minimum Gasteiger partial charge on any atom is -0.331 e. The van der Waals surface area contributed by atoms with Gasteiger partial charge in [0.15, 0.2) is 0 Å². The summed E-state index contributed by atoms with van der Waals surface area (Å²) < 4.78 is 1.74. The Morgan fingerprint density at radius 1 is 1.28 bits per heavy atom. The van der Waals surface area contributed by atoms with Crippen LogP contribution < -0.4 is 0 Å². The maximum Gasteiger partial charge on any atom is 0.272 e. The summed E-state index contributed by atoms with van der Waals surface area (Å²) in [4.78, 5) is 18.0. The normalized spacial score (nSPS) is 14.7. The van der Waals surface area contributed by atoms with Crippen LogP contribution in [0.3, 0.4) is 0 Å². The summed E-state index contributed by atoms with van der Waals surface area (Å²) in [6.45, 7) is 1.94.